The second-order valence-corrected chi connectivity index (χ2v) is 39.2. The maximum atomic E-state index is 6.36. The van der Waals surface area contributed by atoms with Crippen LogP contribution in [0.2, 0.25) is 30.2 Å². The highest BCUT2D eigenvalue weighted by molar-refractivity contribution is 7.65. The normalized spacial score (nSPS) is 11.1. The van der Waals surface area contributed by atoms with Gasteiger partial charge in [0.15, 0.2) is 0 Å². The van der Waals surface area contributed by atoms with Gasteiger partial charge in [-0.25, -0.2) is 0 Å². The minimum Gasteiger partial charge on any atom is -0.150 e. The highest BCUT2D eigenvalue weighted by atomic mass is 35.8. The summed E-state index contributed by atoms with van der Waals surface area (Å²) in [7, 11) is -1.54. The van der Waals surface area contributed by atoms with Gasteiger partial charge >= 0.3 is 12.0 Å². The van der Waals surface area contributed by atoms with Gasteiger partial charge in [0.2, 0.25) is 7.42 Å². The van der Waals surface area contributed by atoms with Crippen LogP contribution in [0.15, 0.2) is 73.3 Å². The summed E-state index contributed by atoms with van der Waals surface area (Å²) in [6.45, 7) is 1.41. The lowest BCUT2D eigenvalue weighted by Gasteiger charge is -2.18. The molecule has 0 saturated carbocycles. The fraction of sp³-hybridized carbons (Fsp3) is 0.417. The maximum absolute atomic E-state index is 6.36. The summed E-state index contributed by atoms with van der Waals surface area (Å²) in [5.41, 5.74) is 2.64. The number of aryl methyl sites for hydroxylation is 1. The predicted molar refractivity (Wildman–Crippen MR) is 196 cm³/mol. The lowest BCUT2D eigenvalue weighted by atomic mass is 10.1. The molecule has 0 bridgehead atoms. The Morgan fingerprint density at radius 3 is 1.45 bits per heavy atom. The van der Waals surface area contributed by atoms with Gasteiger partial charge in [-0.05, 0) is 60.6 Å². The number of hydrogen-bond acceptors (Lipinski definition) is 0. The summed E-state index contributed by atoms with van der Waals surface area (Å²) < 4.78 is 0. The van der Waals surface area contributed by atoms with Crippen molar-refractivity contribution in [3.05, 3.63) is 84.4 Å². The Kier molecular flexibility index (Phi) is 28.5. The van der Waals surface area contributed by atoms with Crippen LogP contribution in [0.3, 0.4) is 0 Å². The van der Waals surface area contributed by atoms with Crippen LogP contribution in [0.25, 0.3) is 0 Å². The highest BCUT2D eigenvalue weighted by Crippen LogP contribution is 2.36. The third-order valence-corrected chi connectivity index (χ3v) is 17.0. The van der Waals surface area contributed by atoms with E-state index in [1.54, 1.807) is 0 Å². The molecule has 0 spiro atoms. The van der Waals surface area contributed by atoms with Crippen molar-refractivity contribution in [2.24, 2.45) is 0 Å². The van der Waals surface area contributed by atoms with Crippen molar-refractivity contribution in [1.82, 2.24) is 0 Å². The topological polar surface area (TPSA) is 0 Å². The van der Waals surface area contributed by atoms with Gasteiger partial charge in [0.25, 0.3) is 6.69 Å². The monoisotopic (exact) mass is 788 g/mol. The van der Waals surface area contributed by atoms with Crippen molar-refractivity contribution >= 4 is 137 Å². The summed E-state index contributed by atoms with van der Waals surface area (Å²) in [5.74, 6) is 0. The molecule has 0 unspecified atom stereocenters. The smallest absolute Gasteiger partial charge is 0.150 e. The highest BCUT2D eigenvalue weighted by Gasteiger charge is 2.34. The van der Waals surface area contributed by atoms with Crippen LogP contribution in [0.4, 0.5) is 0 Å². The molecule has 0 saturated heterocycles. The average molecular weight is 793 g/mol. The molecule has 0 N–H and O–H groups in total. The third-order valence-electron chi connectivity index (χ3n) is 4.49. The van der Waals surface area contributed by atoms with E-state index in [0.29, 0.717) is 24.2 Å². The van der Waals surface area contributed by atoms with E-state index in [9.17, 15) is 0 Å². The molecule has 14 heteroatoms. The minimum absolute atomic E-state index is 0. The molecule has 2 aromatic rings. The van der Waals surface area contributed by atoms with Crippen molar-refractivity contribution in [1.29, 1.82) is 0 Å². The van der Waals surface area contributed by atoms with Gasteiger partial charge in [0.1, 0.15) is 0 Å². The van der Waals surface area contributed by atoms with E-state index >= 15 is 0 Å². The van der Waals surface area contributed by atoms with E-state index < -0.39 is 26.1 Å². The first-order valence-electron chi connectivity index (χ1n) is 11.1. The molecule has 0 aliphatic heterocycles. The average Bonchev–Trinajstić information content (AvgIpc) is 2.78. The SMILES string of the molecule is C.C.C=CCc1ccccc1.Cl[SiH](Cl)CC[Si](Cl)(Cl)Cl.Cl[Si](Cl)(Cl)CC[Si](Cl)(Cl)CCCc1ccccc1. The molecule has 0 aliphatic carbocycles. The Morgan fingerprint density at radius 1 is 0.632 bits per heavy atom. The molecular formula is C24H38Cl10Si4. The van der Waals surface area contributed by atoms with E-state index in [1.165, 1.54) is 11.1 Å². The molecule has 0 atom stereocenters. The van der Waals surface area contributed by atoms with Crippen molar-refractivity contribution in [2.45, 2.75) is 64.3 Å². The quantitative estimate of drug-likeness (QED) is 0.114. The van der Waals surface area contributed by atoms with Gasteiger partial charge < -0.3 is 0 Å². The minimum atomic E-state index is -2.59. The maximum Gasteiger partial charge on any atom is 0.341 e. The van der Waals surface area contributed by atoms with E-state index in [1.807, 2.05) is 42.5 Å². The molecular weight excluding hydrogens is 755 g/mol. The van der Waals surface area contributed by atoms with Crippen LogP contribution in [0.5, 0.6) is 0 Å². The fourth-order valence-electron chi connectivity index (χ4n) is 2.70. The number of allylic oxidation sites excluding steroid dienone is 1. The van der Waals surface area contributed by atoms with Crippen LogP contribution >= 0.6 is 111 Å². The summed E-state index contributed by atoms with van der Waals surface area (Å²) in [6, 6.07) is 18.9. The molecule has 38 heavy (non-hydrogen) atoms. The first kappa shape index (κ1) is 44.4. The summed E-state index contributed by atoms with van der Waals surface area (Å²) >= 11 is 58.0. The van der Waals surface area contributed by atoms with E-state index in [0.717, 1.165) is 25.3 Å². The lowest BCUT2D eigenvalue weighted by Crippen LogP contribution is -2.22. The van der Waals surface area contributed by atoms with Crippen molar-refractivity contribution in [3.8, 4) is 0 Å². The molecule has 220 valence electrons. The molecule has 2 rings (SSSR count). The van der Waals surface area contributed by atoms with Crippen LogP contribution in [-0.2, 0) is 12.8 Å². The summed E-state index contributed by atoms with van der Waals surface area (Å²) in [6.07, 6.45) is 4.88. The van der Waals surface area contributed by atoms with Gasteiger partial charge in [0.05, 0.1) is 0 Å². The first-order chi connectivity index (χ1) is 16.6. The fourth-order valence-corrected chi connectivity index (χ4v) is 18.4. The number of rotatable bonds is 12. The molecule has 2 aromatic carbocycles. The Hall–Kier alpha value is 1.95. The second kappa shape index (κ2) is 24.4. The summed E-state index contributed by atoms with van der Waals surface area (Å²) in [5, 5.41) is 0. The Bertz CT molecular complexity index is 814. The van der Waals surface area contributed by atoms with Crippen LogP contribution in [0, 0.1) is 0 Å². The van der Waals surface area contributed by atoms with Crippen LogP contribution in [0.1, 0.15) is 32.4 Å². The zero-order valence-electron chi connectivity index (χ0n) is 19.6. The predicted octanol–water partition coefficient (Wildman–Crippen LogP) is 13.2. The Balaban J connectivity index is -0.000000520. The Labute approximate surface area is 282 Å². The van der Waals surface area contributed by atoms with E-state index in [-0.39, 0.29) is 14.9 Å². The van der Waals surface area contributed by atoms with Gasteiger partial charge in [-0.15, -0.1) is 95.2 Å². The van der Waals surface area contributed by atoms with Crippen molar-refractivity contribution in [3.63, 3.8) is 0 Å². The lowest BCUT2D eigenvalue weighted by molar-refractivity contribution is 0.907. The van der Waals surface area contributed by atoms with E-state index in [2.05, 4.69) is 30.8 Å². The molecule has 0 aromatic heterocycles. The van der Waals surface area contributed by atoms with Crippen LogP contribution < -0.4 is 0 Å². The number of hydrogen-bond donors (Lipinski definition) is 0. The standard InChI is InChI=1S/C11H15Cl5Si2.C9H10.C2H5Cl5Si2.2CH4/c12-17(13,9-10-18(14,15)16)8-4-7-11-5-2-1-3-6-11;1-2-6-9-7-4-3-5-8-9;3-8(4)1-2-9(5,6)7;;/h1-3,5-6H,4,7-10H2;2-5,7-8H,1,6H2;8H,1-2H2;2*1H4. The third kappa shape index (κ3) is 30.9. The second-order valence-electron chi connectivity index (χ2n) is 7.83. The largest absolute Gasteiger partial charge is 0.341 e. The molecule has 0 amide bonds. The van der Waals surface area contributed by atoms with Gasteiger partial charge in [-0.2, -0.15) is 22.2 Å². The molecule has 0 aliphatic rings. The molecule has 0 fully saturated rings. The molecule has 0 heterocycles. The first-order valence-corrected chi connectivity index (χ1v) is 30.3. The molecule has 0 nitrogen and oxygen atoms in total. The van der Waals surface area contributed by atoms with Crippen molar-refractivity contribution in [2.75, 3.05) is 0 Å². The van der Waals surface area contributed by atoms with Gasteiger partial charge in [0, 0.05) is 0 Å². The number of halogens is 10. The Morgan fingerprint density at radius 2 is 1.08 bits per heavy atom. The van der Waals surface area contributed by atoms with Crippen molar-refractivity contribution < 1.29 is 0 Å². The molecule has 0 radical (unpaired) electrons. The van der Waals surface area contributed by atoms with Crippen LogP contribution in [-0.4, -0.2) is 26.1 Å². The summed E-state index contributed by atoms with van der Waals surface area (Å²) in [4.78, 5) is 0. The zero-order valence-corrected chi connectivity index (χ0v) is 31.3. The van der Waals surface area contributed by atoms with E-state index in [4.69, 9.17) is 111 Å². The van der Waals surface area contributed by atoms with Gasteiger partial charge in [-0.3, -0.25) is 0 Å². The van der Waals surface area contributed by atoms with Gasteiger partial charge in [-0.1, -0.05) is 81.6 Å². The number of benzene rings is 2. The zero-order chi connectivity index (χ0) is 27.7.